The fourth-order valence-electron chi connectivity index (χ4n) is 3.04. The van der Waals surface area contributed by atoms with Crippen LogP contribution in [-0.2, 0) is 5.60 Å². The molecule has 0 amide bonds. The molecule has 0 spiro atoms. The first-order chi connectivity index (χ1) is 9.86. The molecule has 0 bridgehead atoms. The Morgan fingerprint density at radius 2 is 1.71 bits per heavy atom. The lowest BCUT2D eigenvalue weighted by Gasteiger charge is -2.35. The minimum absolute atomic E-state index is 0.132. The van der Waals surface area contributed by atoms with Crippen LogP contribution in [0.1, 0.15) is 25.8 Å². The first kappa shape index (κ1) is 15.8. The Labute approximate surface area is 126 Å². The molecule has 0 aliphatic rings. The number of rotatable bonds is 5. The van der Waals surface area contributed by atoms with Gasteiger partial charge in [0.2, 0.25) is 0 Å². The van der Waals surface area contributed by atoms with Crippen molar-refractivity contribution < 1.29 is 10.2 Å². The maximum atomic E-state index is 11.1. The normalized spacial score (nSPS) is 16.1. The lowest BCUT2D eigenvalue weighted by Crippen LogP contribution is -2.38. The number of hydrogen-bond acceptors (Lipinski definition) is 3. The number of aromatic hydroxyl groups is 1. The number of fused-ring (bicyclic) bond motifs is 1. The summed E-state index contributed by atoms with van der Waals surface area (Å²) in [5.74, 6) is 0.397. The zero-order valence-electron chi connectivity index (χ0n) is 13.3. The van der Waals surface area contributed by atoms with Gasteiger partial charge in [-0.15, -0.1) is 0 Å². The quantitative estimate of drug-likeness (QED) is 0.886. The van der Waals surface area contributed by atoms with E-state index in [0.29, 0.717) is 6.42 Å². The third-order valence-electron chi connectivity index (χ3n) is 4.32. The van der Waals surface area contributed by atoms with Crippen molar-refractivity contribution in [3.8, 4) is 5.75 Å². The standard InChI is InChI=1S/C18H25NO2/c1-5-18(21,13(2)12-19(3)4)16-8-6-15-11-17(20)9-7-14(15)10-16/h6-11,13,20-21H,5,12H2,1-4H3. The fourth-order valence-corrected chi connectivity index (χ4v) is 3.04. The van der Waals surface area contributed by atoms with Gasteiger partial charge in [-0.3, -0.25) is 0 Å². The molecule has 0 saturated carbocycles. The van der Waals surface area contributed by atoms with E-state index in [1.165, 1.54) is 0 Å². The van der Waals surface area contributed by atoms with E-state index in [0.717, 1.165) is 22.9 Å². The molecule has 2 aromatic carbocycles. The summed E-state index contributed by atoms with van der Waals surface area (Å²) in [4.78, 5) is 2.10. The second-order valence-corrected chi connectivity index (χ2v) is 6.19. The summed E-state index contributed by atoms with van der Waals surface area (Å²) in [7, 11) is 4.05. The zero-order chi connectivity index (χ0) is 15.6. The van der Waals surface area contributed by atoms with Crippen LogP contribution >= 0.6 is 0 Å². The Balaban J connectivity index is 2.44. The Bertz CT molecular complexity index is 624. The summed E-state index contributed by atoms with van der Waals surface area (Å²) in [6.07, 6.45) is 0.672. The molecule has 0 aliphatic carbocycles. The summed E-state index contributed by atoms with van der Waals surface area (Å²) < 4.78 is 0. The van der Waals surface area contributed by atoms with E-state index >= 15 is 0 Å². The van der Waals surface area contributed by atoms with Crippen molar-refractivity contribution in [2.24, 2.45) is 5.92 Å². The van der Waals surface area contributed by atoms with Gasteiger partial charge in [-0.05, 0) is 55.1 Å². The molecule has 0 fully saturated rings. The molecule has 2 rings (SSSR count). The summed E-state index contributed by atoms with van der Waals surface area (Å²) in [5.41, 5.74) is 0.105. The highest BCUT2D eigenvalue weighted by Crippen LogP contribution is 2.35. The van der Waals surface area contributed by atoms with Gasteiger partial charge in [0.15, 0.2) is 0 Å². The first-order valence-electron chi connectivity index (χ1n) is 7.47. The third kappa shape index (κ3) is 3.20. The number of phenolic OH excluding ortho intramolecular Hbond substituents is 1. The Morgan fingerprint density at radius 1 is 1.10 bits per heavy atom. The second-order valence-electron chi connectivity index (χ2n) is 6.19. The van der Waals surface area contributed by atoms with Gasteiger partial charge in [-0.2, -0.15) is 0 Å². The van der Waals surface area contributed by atoms with Gasteiger partial charge in [0.25, 0.3) is 0 Å². The molecule has 21 heavy (non-hydrogen) atoms. The summed E-state index contributed by atoms with van der Waals surface area (Å²) in [6, 6.07) is 11.3. The lowest BCUT2D eigenvalue weighted by molar-refractivity contribution is -0.0290. The van der Waals surface area contributed by atoms with E-state index in [1.54, 1.807) is 12.1 Å². The molecule has 2 atom stereocenters. The fraction of sp³-hybridized carbons (Fsp3) is 0.444. The van der Waals surface area contributed by atoms with Crippen LogP contribution in [0.3, 0.4) is 0 Å². The topological polar surface area (TPSA) is 43.7 Å². The van der Waals surface area contributed by atoms with Crippen LogP contribution in [-0.4, -0.2) is 35.8 Å². The molecule has 0 aromatic heterocycles. The average Bonchev–Trinajstić information content (AvgIpc) is 2.45. The van der Waals surface area contributed by atoms with Crippen LogP contribution in [0.25, 0.3) is 10.8 Å². The molecule has 0 aliphatic heterocycles. The summed E-state index contributed by atoms with van der Waals surface area (Å²) in [5, 5.41) is 22.7. The molecule has 0 radical (unpaired) electrons. The van der Waals surface area contributed by atoms with Crippen molar-refractivity contribution >= 4 is 10.8 Å². The van der Waals surface area contributed by atoms with Gasteiger partial charge < -0.3 is 15.1 Å². The minimum Gasteiger partial charge on any atom is -0.508 e. The van der Waals surface area contributed by atoms with Gasteiger partial charge in [0.1, 0.15) is 5.75 Å². The van der Waals surface area contributed by atoms with E-state index in [2.05, 4.69) is 11.8 Å². The van der Waals surface area contributed by atoms with Gasteiger partial charge >= 0.3 is 0 Å². The second kappa shape index (κ2) is 6.04. The molecule has 2 N–H and O–H groups in total. The molecule has 2 unspecified atom stereocenters. The van der Waals surface area contributed by atoms with Crippen molar-refractivity contribution in [2.75, 3.05) is 20.6 Å². The summed E-state index contributed by atoms with van der Waals surface area (Å²) in [6.45, 7) is 4.94. The van der Waals surface area contributed by atoms with Crippen molar-refractivity contribution in [1.29, 1.82) is 0 Å². The van der Waals surface area contributed by atoms with Gasteiger partial charge in [0.05, 0.1) is 5.60 Å². The van der Waals surface area contributed by atoms with Gasteiger partial charge in [0, 0.05) is 12.5 Å². The highest BCUT2D eigenvalue weighted by molar-refractivity contribution is 5.84. The number of aliphatic hydroxyl groups is 1. The molecular formula is C18H25NO2. The van der Waals surface area contributed by atoms with Crippen molar-refractivity contribution in [3.05, 3.63) is 42.0 Å². The van der Waals surface area contributed by atoms with E-state index in [9.17, 15) is 10.2 Å². The molecule has 2 aromatic rings. The molecule has 3 heteroatoms. The average molecular weight is 287 g/mol. The number of hydrogen-bond donors (Lipinski definition) is 2. The Hall–Kier alpha value is -1.58. The molecule has 3 nitrogen and oxygen atoms in total. The van der Waals surface area contributed by atoms with Crippen LogP contribution in [0.15, 0.2) is 36.4 Å². The largest absolute Gasteiger partial charge is 0.508 e. The van der Waals surface area contributed by atoms with E-state index in [-0.39, 0.29) is 11.7 Å². The number of nitrogens with zero attached hydrogens (tertiary/aromatic N) is 1. The van der Waals surface area contributed by atoms with Gasteiger partial charge in [-0.1, -0.05) is 32.0 Å². The van der Waals surface area contributed by atoms with Crippen LogP contribution in [0.5, 0.6) is 5.75 Å². The van der Waals surface area contributed by atoms with E-state index < -0.39 is 5.60 Å². The maximum absolute atomic E-state index is 11.1. The van der Waals surface area contributed by atoms with E-state index in [1.807, 2.05) is 45.3 Å². The molecular weight excluding hydrogens is 262 g/mol. The molecule has 114 valence electrons. The maximum Gasteiger partial charge on any atom is 0.116 e. The Kier molecular flexibility index (Phi) is 4.55. The highest BCUT2D eigenvalue weighted by Gasteiger charge is 2.34. The molecule has 0 heterocycles. The first-order valence-corrected chi connectivity index (χ1v) is 7.47. The number of phenols is 1. The van der Waals surface area contributed by atoms with Crippen LogP contribution in [0.4, 0.5) is 0 Å². The molecule has 0 saturated heterocycles. The van der Waals surface area contributed by atoms with Crippen molar-refractivity contribution in [3.63, 3.8) is 0 Å². The Morgan fingerprint density at radius 3 is 2.33 bits per heavy atom. The van der Waals surface area contributed by atoms with Crippen LogP contribution < -0.4 is 0 Å². The predicted molar refractivity (Wildman–Crippen MR) is 87.5 cm³/mol. The monoisotopic (exact) mass is 287 g/mol. The summed E-state index contributed by atoms with van der Waals surface area (Å²) >= 11 is 0. The third-order valence-corrected chi connectivity index (χ3v) is 4.32. The minimum atomic E-state index is -0.837. The van der Waals surface area contributed by atoms with Crippen molar-refractivity contribution in [2.45, 2.75) is 25.9 Å². The smallest absolute Gasteiger partial charge is 0.116 e. The van der Waals surface area contributed by atoms with Crippen LogP contribution in [0, 0.1) is 5.92 Å². The van der Waals surface area contributed by atoms with Gasteiger partial charge in [-0.25, -0.2) is 0 Å². The predicted octanol–water partition coefficient (Wildman–Crippen LogP) is 3.34. The number of benzene rings is 2. The highest BCUT2D eigenvalue weighted by atomic mass is 16.3. The van der Waals surface area contributed by atoms with Crippen molar-refractivity contribution in [1.82, 2.24) is 4.90 Å². The SMILES string of the molecule is CCC(O)(c1ccc2cc(O)ccc2c1)C(C)CN(C)C. The van der Waals surface area contributed by atoms with E-state index in [4.69, 9.17) is 0 Å². The zero-order valence-corrected chi connectivity index (χ0v) is 13.3. The van der Waals surface area contributed by atoms with Crippen LogP contribution in [0.2, 0.25) is 0 Å². The lowest BCUT2D eigenvalue weighted by atomic mass is 9.79.